The van der Waals surface area contributed by atoms with Crippen LogP contribution in [0.25, 0.3) is 5.70 Å². The fourth-order valence-electron chi connectivity index (χ4n) is 4.24. The van der Waals surface area contributed by atoms with Crippen molar-refractivity contribution >= 4 is 34.5 Å². The van der Waals surface area contributed by atoms with Crippen LogP contribution in [0.3, 0.4) is 0 Å². The van der Waals surface area contributed by atoms with Crippen LogP contribution in [-0.4, -0.2) is 16.5 Å². The maximum atomic E-state index is 6.44. The molecule has 1 aliphatic carbocycles. The third-order valence-electron chi connectivity index (χ3n) is 5.36. The van der Waals surface area contributed by atoms with Gasteiger partial charge in [-0.1, -0.05) is 36.2 Å². The molecule has 0 saturated heterocycles. The van der Waals surface area contributed by atoms with Crippen LogP contribution in [0.2, 0.25) is 5.15 Å². The molecule has 5 rings (SSSR count). The summed E-state index contributed by atoms with van der Waals surface area (Å²) < 4.78 is 0. The maximum absolute atomic E-state index is 6.44. The van der Waals surface area contributed by atoms with Gasteiger partial charge < -0.3 is 10.2 Å². The van der Waals surface area contributed by atoms with Gasteiger partial charge in [-0.05, 0) is 43.2 Å². The number of nitrogens with one attached hydrogen (secondary N) is 1. The van der Waals surface area contributed by atoms with Crippen LogP contribution in [0, 0.1) is 0 Å². The Morgan fingerprint density at radius 1 is 1.04 bits per heavy atom. The first-order valence-corrected chi connectivity index (χ1v) is 9.10. The molecular weight excluding hydrogens is 320 g/mol. The first-order valence-electron chi connectivity index (χ1n) is 8.72. The van der Waals surface area contributed by atoms with Crippen molar-refractivity contribution < 1.29 is 0 Å². The van der Waals surface area contributed by atoms with E-state index in [9.17, 15) is 0 Å². The molecule has 2 aromatic rings. The first kappa shape index (κ1) is 14.3. The van der Waals surface area contributed by atoms with E-state index in [0.717, 1.165) is 37.3 Å². The number of allylic oxidation sites excluding steroid dienone is 1. The Hall–Kier alpha value is -2.07. The molecule has 0 amide bonds. The molecule has 0 radical (unpaired) electrons. The van der Waals surface area contributed by atoms with Crippen LogP contribution in [0.15, 0.2) is 30.1 Å². The summed E-state index contributed by atoms with van der Waals surface area (Å²) in [5.74, 6) is 0.896. The average molecular weight is 339 g/mol. The Bertz CT molecular complexity index is 850. The molecule has 4 nitrogen and oxygen atoms in total. The van der Waals surface area contributed by atoms with Crippen LogP contribution >= 0.6 is 11.6 Å². The molecule has 1 aromatic carbocycles. The molecule has 2 aliphatic heterocycles. The molecule has 1 saturated carbocycles. The monoisotopic (exact) mass is 338 g/mol. The zero-order valence-electron chi connectivity index (χ0n) is 13.5. The highest BCUT2D eigenvalue weighted by Crippen LogP contribution is 2.48. The smallest absolute Gasteiger partial charge is 0.161 e. The fourth-order valence-corrected chi connectivity index (χ4v) is 4.41. The molecule has 1 aromatic heterocycles. The highest BCUT2D eigenvalue weighted by atomic mass is 35.5. The first-order chi connectivity index (χ1) is 11.8. The number of anilines is 3. The molecule has 0 spiro atoms. The zero-order valence-corrected chi connectivity index (χ0v) is 14.2. The van der Waals surface area contributed by atoms with Gasteiger partial charge in [-0.3, -0.25) is 0 Å². The van der Waals surface area contributed by atoms with E-state index >= 15 is 0 Å². The summed E-state index contributed by atoms with van der Waals surface area (Å²) in [7, 11) is 0. The molecule has 24 heavy (non-hydrogen) atoms. The molecule has 3 heterocycles. The summed E-state index contributed by atoms with van der Waals surface area (Å²) in [6, 6.07) is 6.64. The van der Waals surface area contributed by atoms with Gasteiger partial charge in [-0.15, -0.1) is 0 Å². The lowest BCUT2D eigenvalue weighted by molar-refractivity contribution is 0.600. The predicted octanol–water partition coefficient (Wildman–Crippen LogP) is 4.92. The van der Waals surface area contributed by atoms with Gasteiger partial charge in [0.1, 0.15) is 12.0 Å². The number of fused-ring (bicyclic) bond motifs is 2. The summed E-state index contributed by atoms with van der Waals surface area (Å²) in [4.78, 5) is 11.1. The van der Waals surface area contributed by atoms with Crippen molar-refractivity contribution in [2.75, 3.05) is 16.8 Å². The fraction of sp³-hybridized carbons (Fsp3) is 0.368. The Morgan fingerprint density at radius 3 is 2.79 bits per heavy atom. The van der Waals surface area contributed by atoms with Gasteiger partial charge in [0.15, 0.2) is 11.0 Å². The molecular formula is C19H19ClN4. The topological polar surface area (TPSA) is 41.1 Å². The summed E-state index contributed by atoms with van der Waals surface area (Å²) in [6.07, 6.45) is 8.79. The predicted molar refractivity (Wildman–Crippen MR) is 97.8 cm³/mol. The minimum Gasteiger partial charge on any atom is -0.349 e. The number of hydrogen-bond donors (Lipinski definition) is 1. The molecule has 3 aliphatic rings. The van der Waals surface area contributed by atoms with Crippen LogP contribution < -0.4 is 10.2 Å². The van der Waals surface area contributed by atoms with Crippen LogP contribution in [0.1, 0.15) is 43.2 Å². The lowest BCUT2D eigenvalue weighted by Gasteiger charge is -2.21. The molecule has 122 valence electrons. The van der Waals surface area contributed by atoms with Gasteiger partial charge in [-0.2, -0.15) is 0 Å². The standard InChI is InChI=1S/C19H19ClN4/c20-18-16-19(22-11-21-18)24-10-9-13-7-4-8-14(17(13)24)15(23-16)12-5-2-1-3-6-12/h4,7-8,11,23H,1-3,5-6,9-10H2. The van der Waals surface area contributed by atoms with Crippen molar-refractivity contribution in [1.29, 1.82) is 0 Å². The maximum Gasteiger partial charge on any atom is 0.161 e. The van der Waals surface area contributed by atoms with Crippen molar-refractivity contribution in [2.24, 2.45) is 0 Å². The van der Waals surface area contributed by atoms with E-state index in [-0.39, 0.29) is 0 Å². The van der Waals surface area contributed by atoms with Gasteiger partial charge >= 0.3 is 0 Å². The van der Waals surface area contributed by atoms with Gasteiger partial charge in [-0.25, -0.2) is 9.97 Å². The quantitative estimate of drug-likeness (QED) is 0.692. The summed E-state index contributed by atoms with van der Waals surface area (Å²) in [6.45, 7) is 0.941. The number of aromatic nitrogens is 2. The van der Waals surface area contributed by atoms with E-state index in [0.29, 0.717) is 5.15 Å². The van der Waals surface area contributed by atoms with E-state index in [2.05, 4.69) is 38.4 Å². The summed E-state index contributed by atoms with van der Waals surface area (Å²) >= 11 is 6.44. The van der Waals surface area contributed by atoms with Gasteiger partial charge in [0.05, 0.1) is 5.69 Å². The molecule has 1 N–H and O–H groups in total. The Balaban J connectivity index is 1.80. The van der Waals surface area contributed by atoms with Crippen molar-refractivity contribution in [3.05, 3.63) is 46.4 Å². The minimum atomic E-state index is 0.496. The van der Waals surface area contributed by atoms with Gasteiger partial charge in [0.2, 0.25) is 0 Å². The summed E-state index contributed by atoms with van der Waals surface area (Å²) in [5, 5.41) is 4.12. The second-order valence-corrected chi connectivity index (χ2v) is 7.10. The van der Waals surface area contributed by atoms with E-state index in [4.69, 9.17) is 11.6 Å². The SMILES string of the molecule is Clc1ncnc2c1NC(=C1CCCCC1)c1cccc3c1N2CC3. The molecule has 0 unspecified atom stereocenters. The Kier molecular flexibility index (Phi) is 3.27. The minimum absolute atomic E-state index is 0.496. The Labute approximate surface area is 146 Å². The lowest BCUT2D eigenvalue weighted by atomic mass is 9.90. The number of para-hydroxylation sites is 1. The van der Waals surface area contributed by atoms with E-state index < -0.39 is 0 Å². The van der Waals surface area contributed by atoms with Crippen LogP contribution in [-0.2, 0) is 6.42 Å². The number of hydrogen-bond acceptors (Lipinski definition) is 4. The highest BCUT2D eigenvalue weighted by Gasteiger charge is 2.32. The van der Waals surface area contributed by atoms with Crippen molar-refractivity contribution in [3.63, 3.8) is 0 Å². The zero-order chi connectivity index (χ0) is 16.1. The number of halogens is 1. The van der Waals surface area contributed by atoms with Gasteiger partial charge in [0, 0.05) is 17.8 Å². The number of benzene rings is 1. The summed E-state index contributed by atoms with van der Waals surface area (Å²) in [5.41, 5.74) is 7.56. The van der Waals surface area contributed by atoms with Crippen LogP contribution in [0.5, 0.6) is 0 Å². The Morgan fingerprint density at radius 2 is 1.92 bits per heavy atom. The highest BCUT2D eigenvalue weighted by molar-refractivity contribution is 6.33. The largest absolute Gasteiger partial charge is 0.349 e. The normalized spacial score (nSPS) is 18.8. The third-order valence-corrected chi connectivity index (χ3v) is 5.65. The van der Waals surface area contributed by atoms with Crippen molar-refractivity contribution in [1.82, 2.24) is 9.97 Å². The second kappa shape index (κ2) is 5.49. The van der Waals surface area contributed by atoms with E-state index in [1.54, 1.807) is 6.33 Å². The van der Waals surface area contributed by atoms with Crippen molar-refractivity contribution in [3.8, 4) is 0 Å². The third kappa shape index (κ3) is 2.06. The molecule has 5 heteroatoms. The molecule has 0 bridgehead atoms. The molecule has 0 atom stereocenters. The molecule has 1 fully saturated rings. The van der Waals surface area contributed by atoms with Crippen molar-refractivity contribution in [2.45, 2.75) is 38.5 Å². The van der Waals surface area contributed by atoms with E-state index in [1.165, 1.54) is 47.3 Å². The van der Waals surface area contributed by atoms with Gasteiger partial charge in [0.25, 0.3) is 0 Å². The number of nitrogens with zero attached hydrogens (tertiary/aromatic N) is 3. The second-order valence-electron chi connectivity index (χ2n) is 6.74. The van der Waals surface area contributed by atoms with E-state index in [1.807, 2.05) is 0 Å². The average Bonchev–Trinajstić information content (AvgIpc) is 2.99. The van der Waals surface area contributed by atoms with Crippen LogP contribution in [0.4, 0.5) is 17.2 Å². The lowest BCUT2D eigenvalue weighted by Crippen LogP contribution is -2.15. The number of rotatable bonds is 0.